The van der Waals surface area contributed by atoms with Crippen LogP contribution in [-0.2, 0) is 5.60 Å². The summed E-state index contributed by atoms with van der Waals surface area (Å²) in [5.74, 6) is 0. The predicted octanol–water partition coefficient (Wildman–Crippen LogP) is 2.72. The molecule has 3 rings (SSSR count). The van der Waals surface area contributed by atoms with Crippen molar-refractivity contribution in [2.45, 2.75) is 18.1 Å². The van der Waals surface area contributed by atoms with Crippen LogP contribution in [0.5, 0.6) is 0 Å². The maximum absolute atomic E-state index is 10.8. The first-order valence-electron chi connectivity index (χ1n) is 6.42. The fourth-order valence-electron chi connectivity index (χ4n) is 2.63. The lowest BCUT2D eigenvalue weighted by molar-refractivity contribution is -0.0449. The molecule has 0 bridgehead atoms. The zero-order valence-electron chi connectivity index (χ0n) is 10.5. The molecule has 2 aromatic carbocycles. The zero-order chi connectivity index (χ0) is 13.3. The van der Waals surface area contributed by atoms with Crippen LogP contribution in [0.25, 0.3) is 5.57 Å². The van der Waals surface area contributed by atoms with Crippen molar-refractivity contribution in [1.29, 1.82) is 0 Å². The van der Waals surface area contributed by atoms with E-state index in [1.165, 1.54) is 0 Å². The number of hydrogen-bond donors (Lipinski definition) is 2. The van der Waals surface area contributed by atoms with Crippen molar-refractivity contribution in [3.63, 3.8) is 0 Å². The third-order valence-corrected chi connectivity index (χ3v) is 3.73. The first-order valence-corrected chi connectivity index (χ1v) is 6.42. The Morgan fingerprint density at radius 3 is 2.11 bits per heavy atom. The second kappa shape index (κ2) is 4.65. The van der Waals surface area contributed by atoms with Crippen molar-refractivity contribution in [1.82, 2.24) is 0 Å². The van der Waals surface area contributed by atoms with Gasteiger partial charge in [-0.15, -0.1) is 0 Å². The van der Waals surface area contributed by atoms with Crippen LogP contribution in [0.4, 0.5) is 0 Å². The van der Waals surface area contributed by atoms with Gasteiger partial charge in [-0.05, 0) is 22.8 Å². The highest BCUT2D eigenvalue weighted by Crippen LogP contribution is 2.42. The molecule has 1 aliphatic rings. The van der Waals surface area contributed by atoms with Gasteiger partial charge < -0.3 is 10.2 Å². The van der Waals surface area contributed by atoms with Gasteiger partial charge in [0.15, 0.2) is 0 Å². The topological polar surface area (TPSA) is 40.5 Å². The Hall–Kier alpha value is -1.90. The van der Waals surface area contributed by atoms with Crippen LogP contribution in [0.15, 0.2) is 66.7 Å². The summed E-state index contributed by atoms with van der Waals surface area (Å²) in [5.41, 5.74) is 1.57. The molecule has 1 aliphatic carbocycles. The standard InChI is InChI=1S/C17H16O2/c18-16-11-14(13-7-3-1-4-8-13)12-17(16,19)15-9-5-2-6-10-15/h1-11,16,18-19H,12H2/t16-,17-/m0/s1. The molecule has 0 radical (unpaired) electrons. The molecule has 2 N–H and O–H groups in total. The van der Waals surface area contributed by atoms with Crippen LogP contribution in [0.2, 0.25) is 0 Å². The van der Waals surface area contributed by atoms with Crippen molar-refractivity contribution in [2.24, 2.45) is 0 Å². The van der Waals surface area contributed by atoms with E-state index >= 15 is 0 Å². The largest absolute Gasteiger partial charge is 0.386 e. The SMILES string of the molecule is O[C@H]1C=C(c2ccccc2)C[C@]1(O)c1ccccc1. The number of aliphatic hydroxyl groups is 2. The Balaban J connectivity index is 1.94. The summed E-state index contributed by atoms with van der Waals surface area (Å²) in [6.07, 6.45) is 1.31. The molecule has 2 heteroatoms. The molecule has 2 nitrogen and oxygen atoms in total. The predicted molar refractivity (Wildman–Crippen MR) is 75.4 cm³/mol. The van der Waals surface area contributed by atoms with Crippen molar-refractivity contribution in [2.75, 3.05) is 0 Å². The minimum atomic E-state index is -1.22. The summed E-state index contributed by atoms with van der Waals surface area (Å²) in [6, 6.07) is 19.2. The maximum Gasteiger partial charge on any atom is 0.123 e. The quantitative estimate of drug-likeness (QED) is 0.862. The molecular formula is C17H16O2. The summed E-state index contributed by atoms with van der Waals surface area (Å²) in [4.78, 5) is 0. The molecule has 0 unspecified atom stereocenters. The molecule has 19 heavy (non-hydrogen) atoms. The van der Waals surface area contributed by atoms with Gasteiger partial charge >= 0.3 is 0 Å². The number of rotatable bonds is 2. The zero-order valence-corrected chi connectivity index (χ0v) is 10.5. The van der Waals surface area contributed by atoms with E-state index in [1.807, 2.05) is 60.7 Å². The average Bonchev–Trinajstić information content (AvgIpc) is 2.78. The smallest absolute Gasteiger partial charge is 0.123 e. The fourth-order valence-corrected chi connectivity index (χ4v) is 2.63. The average molecular weight is 252 g/mol. The fraction of sp³-hybridized carbons (Fsp3) is 0.176. The summed E-state index contributed by atoms with van der Waals surface area (Å²) in [5, 5.41) is 21.0. The molecule has 2 aromatic rings. The van der Waals surface area contributed by atoms with E-state index in [1.54, 1.807) is 6.08 Å². The van der Waals surface area contributed by atoms with Crippen LogP contribution < -0.4 is 0 Å². The third kappa shape index (κ3) is 2.09. The highest BCUT2D eigenvalue weighted by molar-refractivity contribution is 5.70. The van der Waals surface area contributed by atoms with Crippen LogP contribution in [-0.4, -0.2) is 16.3 Å². The molecule has 0 fully saturated rings. The molecule has 0 heterocycles. The van der Waals surface area contributed by atoms with Gasteiger partial charge in [0.05, 0.1) is 0 Å². The minimum Gasteiger partial charge on any atom is -0.386 e. The van der Waals surface area contributed by atoms with Gasteiger partial charge in [-0.25, -0.2) is 0 Å². The Bertz CT molecular complexity index is 589. The van der Waals surface area contributed by atoms with Gasteiger partial charge in [-0.2, -0.15) is 0 Å². The molecule has 96 valence electrons. The van der Waals surface area contributed by atoms with E-state index in [0.29, 0.717) is 6.42 Å². The maximum atomic E-state index is 10.8. The highest BCUT2D eigenvalue weighted by Gasteiger charge is 2.41. The first-order chi connectivity index (χ1) is 9.20. The molecule has 0 amide bonds. The molecule has 0 aromatic heterocycles. The Labute approximate surface area is 112 Å². The lowest BCUT2D eigenvalue weighted by Gasteiger charge is -2.27. The van der Waals surface area contributed by atoms with Gasteiger partial charge in [0, 0.05) is 6.42 Å². The Morgan fingerprint density at radius 1 is 0.895 bits per heavy atom. The molecule has 0 saturated carbocycles. The third-order valence-electron chi connectivity index (χ3n) is 3.73. The lowest BCUT2D eigenvalue weighted by Crippen LogP contribution is -2.34. The van der Waals surface area contributed by atoms with Gasteiger partial charge in [0.2, 0.25) is 0 Å². The number of aliphatic hydroxyl groups excluding tert-OH is 1. The summed E-state index contributed by atoms with van der Waals surface area (Å²) in [7, 11) is 0. The Morgan fingerprint density at radius 2 is 1.47 bits per heavy atom. The summed E-state index contributed by atoms with van der Waals surface area (Å²) < 4.78 is 0. The van der Waals surface area contributed by atoms with Crippen LogP contribution in [0, 0.1) is 0 Å². The van der Waals surface area contributed by atoms with Crippen LogP contribution >= 0.6 is 0 Å². The molecular weight excluding hydrogens is 236 g/mol. The van der Waals surface area contributed by atoms with E-state index in [0.717, 1.165) is 16.7 Å². The summed E-state index contributed by atoms with van der Waals surface area (Å²) >= 11 is 0. The van der Waals surface area contributed by atoms with Crippen molar-refractivity contribution < 1.29 is 10.2 Å². The first kappa shape index (κ1) is 12.2. The van der Waals surface area contributed by atoms with E-state index in [-0.39, 0.29) is 0 Å². The number of benzene rings is 2. The van der Waals surface area contributed by atoms with E-state index in [2.05, 4.69) is 0 Å². The van der Waals surface area contributed by atoms with Gasteiger partial charge in [0.1, 0.15) is 11.7 Å². The number of hydrogen-bond acceptors (Lipinski definition) is 2. The molecule has 2 atom stereocenters. The highest BCUT2D eigenvalue weighted by atomic mass is 16.3. The normalized spacial score (nSPS) is 26.2. The van der Waals surface area contributed by atoms with Gasteiger partial charge in [-0.1, -0.05) is 60.7 Å². The van der Waals surface area contributed by atoms with Crippen molar-refractivity contribution in [3.8, 4) is 0 Å². The van der Waals surface area contributed by atoms with Crippen LogP contribution in [0.3, 0.4) is 0 Å². The van der Waals surface area contributed by atoms with E-state index < -0.39 is 11.7 Å². The Kier molecular flexibility index (Phi) is 2.97. The second-order valence-corrected chi connectivity index (χ2v) is 4.97. The van der Waals surface area contributed by atoms with Crippen molar-refractivity contribution in [3.05, 3.63) is 77.9 Å². The summed E-state index contributed by atoms with van der Waals surface area (Å²) in [6.45, 7) is 0. The monoisotopic (exact) mass is 252 g/mol. The molecule has 0 saturated heterocycles. The molecule has 0 spiro atoms. The van der Waals surface area contributed by atoms with E-state index in [4.69, 9.17) is 0 Å². The van der Waals surface area contributed by atoms with Crippen molar-refractivity contribution >= 4 is 5.57 Å². The second-order valence-electron chi connectivity index (χ2n) is 4.97. The van der Waals surface area contributed by atoms with Crippen LogP contribution in [0.1, 0.15) is 17.5 Å². The van der Waals surface area contributed by atoms with Gasteiger partial charge in [-0.3, -0.25) is 0 Å². The minimum absolute atomic E-state index is 0.433. The lowest BCUT2D eigenvalue weighted by atomic mass is 9.88. The van der Waals surface area contributed by atoms with E-state index in [9.17, 15) is 10.2 Å². The molecule has 0 aliphatic heterocycles. The van der Waals surface area contributed by atoms with Gasteiger partial charge in [0.25, 0.3) is 0 Å².